The number of aromatic amines is 2. The summed E-state index contributed by atoms with van der Waals surface area (Å²) in [5, 5.41) is 41.4. The second-order valence-corrected chi connectivity index (χ2v) is 3.08. The van der Waals surface area contributed by atoms with E-state index >= 15 is 0 Å². The smallest absolute Gasteiger partial charge is 0.342 e. The van der Waals surface area contributed by atoms with E-state index < -0.39 is 41.9 Å². The molecule has 0 unspecified atom stereocenters. The lowest BCUT2D eigenvalue weighted by atomic mass is 10.1. The number of H-pyrrole nitrogens is 2. The first-order valence-electron chi connectivity index (χ1n) is 4.31. The Labute approximate surface area is 88.0 Å². The quantitative estimate of drug-likeness (QED) is 0.311. The summed E-state index contributed by atoms with van der Waals surface area (Å²) in [6.07, 6.45) is -5.23. The zero-order valence-corrected chi connectivity index (χ0v) is 7.99. The topological polar surface area (TPSA) is 160 Å². The maximum absolute atomic E-state index is 11.1. The van der Waals surface area contributed by atoms with Gasteiger partial charge < -0.3 is 20.4 Å². The van der Waals surface area contributed by atoms with Crippen LogP contribution in [-0.2, 0) is 0 Å². The summed E-state index contributed by atoms with van der Waals surface area (Å²) in [7, 11) is 0. The number of aliphatic hydroxyl groups is 4. The van der Waals surface area contributed by atoms with Gasteiger partial charge in [-0.15, -0.1) is 0 Å². The molecule has 0 saturated heterocycles. The molecular weight excluding hydrogens is 222 g/mol. The molecule has 0 aliphatic carbocycles. The van der Waals surface area contributed by atoms with Crippen LogP contribution in [0.15, 0.2) is 9.59 Å². The van der Waals surface area contributed by atoms with Gasteiger partial charge in [0.05, 0.1) is 6.61 Å². The Hall–Kier alpha value is -1.55. The van der Waals surface area contributed by atoms with Crippen LogP contribution >= 0.6 is 0 Å². The van der Waals surface area contributed by atoms with Crippen molar-refractivity contribution < 1.29 is 20.4 Å². The SMILES string of the molecule is O=c1[nH]nc([C@@H](O)[C@H](O)[C@@H](O)CO)c(=O)[nH]1. The van der Waals surface area contributed by atoms with Crippen molar-refractivity contribution in [3.05, 3.63) is 26.5 Å². The van der Waals surface area contributed by atoms with E-state index in [9.17, 15) is 19.8 Å². The number of hydrogen-bond acceptors (Lipinski definition) is 7. The summed E-state index contributed by atoms with van der Waals surface area (Å²) in [6.45, 7) is -0.792. The molecule has 1 aromatic heterocycles. The molecule has 0 spiro atoms. The Morgan fingerprint density at radius 2 is 1.88 bits per heavy atom. The number of rotatable bonds is 4. The normalized spacial score (nSPS) is 16.8. The Bertz CT molecular complexity index is 454. The number of nitrogens with one attached hydrogen (secondary N) is 2. The molecular formula is C7H11N3O6. The summed E-state index contributed by atoms with van der Waals surface area (Å²) in [6, 6.07) is 0. The molecule has 0 bridgehead atoms. The van der Waals surface area contributed by atoms with Crippen molar-refractivity contribution in [2.75, 3.05) is 6.61 Å². The lowest BCUT2D eigenvalue weighted by molar-refractivity contribution is -0.0796. The van der Waals surface area contributed by atoms with Crippen molar-refractivity contribution in [3.63, 3.8) is 0 Å². The lowest BCUT2D eigenvalue weighted by Gasteiger charge is -2.19. The van der Waals surface area contributed by atoms with Crippen LogP contribution in [0, 0.1) is 0 Å². The fourth-order valence-corrected chi connectivity index (χ4v) is 1.04. The Balaban J connectivity index is 3.00. The zero-order chi connectivity index (χ0) is 12.3. The van der Waals surface area contributed by atoms with Gasteiger partial charge in [0.15, 0.2) is 5.69 Å². The third-order valence-corrected chi connectivity index (χ3v) is 1.92. The molecule has 6 N–H and O–H groups in total. The van der Waals surface area contributed by atoms with E-state index in [4.69, 9.17) is 10.2 Å². The standard InChI is InChI=1S/C7H11N3O6/c11-1-2(12)4(13)5(14)3-6(15)8-7(16)10-9-3/h2,4-5,11-14H,1H2,(H2,8,10,15,16)/t2-,4+,5+/m0/s1. The molecule has 0 fully saturated rings. The molecule has 1 rings (SSSR count). The van der Waals surface area contributed by atoms with Gasteiger partial charge in [-0.3, -0.25) is 9.78 Å². The highest BCUT2D eigenvalue weighted by molar-refractivity contribution is 5.00. The van der Waals surface area contributed by atoms with Gasteiger partial charge in [-0.05, 0) is 0 Å². The summed E-state index contributed by atoms with van der Waals surface area (Å²) < 4.78 is 0. The highest BCUT2D eigenvalue weighted by Gasteiger charge is 2.28. The van der Waals surface area contributed by atoms with Crippen LogP contribution < -0.4 is 11.2 Å². The summed E-state index contributed by atoms with van der Waals surface area (Å²) >= 11 is 0. The average molecular weight is 233 g/mol. The lowest BCUT2D eigenvalue weighted by Crippen LogP contribution is -2.39. The average Bonchev–Trinajstić information content (AvgIpc) is 2.26. The fourth-order valence-electron chi connectivity index (χ4n) is 1.04. The zero-order valence-electron chi connectivity index (χ0n) is 7.99. The van der Waals surface area contributed by atoms with Gasteiger partial charge in [0, 0.05) is 0 Å². The Kier molecular flexibility index (Phi) is 3.90. The van der Waals surface area contributed by atoms with Gasteiger partial charge in [0.1, 0.15) is 18.3 Å². The Morgan fingerprint density at radius 3 is 2.38 bits per heavy atom. The first-order chi connectivity index (χ1) is 7.47. The predicted molar refractivity (Wildman–Crippen MR) is 49.5 cm³/mol. The maximum Gasteiger partial charge on any atom is 0.342 e. The molecule has 1 aromatic rings. The van der Waals surface area contributed by atoms with Crippen molar-refractivity contribution in [1.29, 1.82) is 0 Å². The van der Waals surface area contributed by atoms with Crippen molar-refractivity contribution in [2.24, 2.45) is 0 Å². The van der Waals surface area contributed by atoms with E-state index in [1.807, 2.05) is 5.10 Å². The van der Waals surface area contributed by atoms with Crippen LogP contribution in [-0.4, -0.2) is 54.4 Å². The number of aromatic nitrogens is 3. The molecule has 1 heterocycles. The first-order valence-corrected chi connectivity index (χ1v) is 4.31. The molecule has 0 aromatic carbocycles. The summed E-state index contributed by atoms with van der Waals surface area (Å²) in [5.41, 5.74) is -2.40. The number of aliphatic hydroxyl groups excluding tert-OH is 4. The van der Waals surface area contributed by atoms with Crippen LogP contribution in [0.2, 0.25) is 0 Å². The largest absolute Gasteiger partial charge is 0.394 e. The van der Waals surface area contributed by atoms with Crippen molar-refractivity contribution in [3.8, 4) is 0 Å². The monoisotopic (exact) mass is 233 g/mol. The molecule has 0 amide bonds. The van der Waals surface area contributed by atoms with Crippen LogP contribution in [0.25, 0.3) is 0 Å². The summed E-state index contributed by atoms with van der Waals surface area (Å²) in [4.78, 5) is 23.5. The summed E-state index contributed by atoms with van der Waals surface area (Å²) in [5.74, 6) is 0. The van der Waals surface area contributed by atoms with Crippen LogP contribution in [0.1, 0.15) is 11.8 Å². The highest BCUT2D eigenvalue weighted by atomic mass is 16.4. The molecule has 16 heavy (non-hydrogen) atoms. The number of nitrogens with zero attached hydrogens (tertiary/aromatic N) is 1. The van der Waals surface area contributed by atoms with E-state index in [1.54, 1.807) is 4.98 Å². The molecule has 0 radical (unpaired) electrons. The third-order valence-electron chi connectivity index (χ3n) is 1.92. The van der Waals surface area contributed by atoms with Gasteiger partial charge in [-0.2, -0.15) is 5.10 Å². The molecule has 9 heteroatoms. The van der Waals surface area contributed by atoms with Gasteiger partial charge in [0.25, 0.3) is 5.56 Å². The molecule has 0 aliphatic heterocycles. The van der Waals surface area contributed by atoms with Crippen molar-refractivity contribution in [2.45, 2.75) is 18.3 Å². The minimum atomic E-state index is -1.82. The maximum atomic E-state index is 11.1. The number of hydrogen-bond donors (Lipinski definition) is 6. The fraction of sp³-hybridized carbons (Fsp3) is 0.571. The van der Waals surface area contributed by atoms with Crippen LogP contribution in [0.5, 0.6) is 0 Å². The van der Waals surface area contributed by atoms with Gasteiger partial charge >= 0.3 is 5.69 Å². The first kappa shape index (κ1) is 12.5. The second-order valence-electron chi connectivity index (χ2n) is 3.08. The van der Waals surface area contributed by atoms with E-state index in [0.29, 0.717) is 0 Å². The molecule has 90 valence electrons. The van der Waals surface area contributed by atoms with Crippen LogP contribution in [0.3, 0.4) is 0 Å². The molecule has 9 nitrogen and oxygen atoms in total. The van der Waals surface area contributed by atoms with Gasteiger partial charge in [-0.1, -0.05) is 0 Å². The molecule has 0 saturated carbocycles. The highest BCUT2D eigenvalue weighted by Crippen LogP contribution is 2.12. The predicted octanol–water partition coefficient (Wildman–Crippen LogP) is -3.79. The van der Waals surface area contributed by atoms with Crippen molar-refractivity contribution in [1.82, 2.24) is 15.2 Å². The minimum absolute atomic E-state index is 0.556. The van der Waals surface area contributed by atoms with Gasteiger partial charge in [0.2, 0.25) is 0 Å². The van der Waals surface area contributed by atoms with E-state index in [0.717, 1.165) is 0 Å². The third kappa shape index (κ3) is 2.52. The van der Waals surface area contributed by atoms with Crippen LogP contribution in [0.4, 0.5) is 0 Å². The van der Waals surface area contributed by atoms with E-state index in [2.05, 4.69) is 5.10 Å². The second kappa shape index (κ2) is 4.99. The minimum Gasteiger partial charge on any atom is -0.394 e. The van der Waals surface area contributed by atoms with E-state index in [1.165, 1.54) is 0 Å². The van der Waals surface area contributed by atoms with Gasteiger partial charge in [-0.25, -0.2) is 9.89 Å². The Morgan fingerprint density at radius 1 is 1.25 bits per heavy atom. The van der Waals surface area contributed by atoms with Crippen molar-refractivity contribution >= 4 is 0 Å². The molecule has 0 aliphatic rings. The van der Waals surface area contributed by atoms with E-state index in [-0.39, 0.29) is 0 Å². The molecule has 3 atom stereocenters.